The third-order valence-corrected chi connectivity index (χ3v) is 9.40. The summed E-state index contributed by atoms with van der Waals surface area (Å²) in [6, 6.07) is 9.23. The van der Waals surface area contributed by atoms with E-state index in [0.717, 1.165) is 15.2 Å². The molecule has 0 amide bonds. The normalized spacial score (nSPS) is 14.2. The van der Waals surface area contributed by atoms with Crippen molar-refractivity contribution >= 4 is 43.2 Å². The maximum absolute atomic E-state index is 13.4. The van der Waals surface area contributed by atoms with Crippen LogP contribution in [0.4, 0.5) is 11.5 Å². The Hall–Kier alpha value is -2.40. The van der Waals surface area contributed by atoms with Gasteiger partial charge in [0.05, 0.1) is 16.0 Å². The summed E-state index contributed by atoms with van der Waals surface area (Å²) in [7, 11) is -4.69. The molecule has 0 saturated carbocycles. The van der Waals surface area contributed by atoms with Crippen LogP contribution in [0.15, 0.2) is 52.4 Å². The third kappa shape index (κ3) is 3.51. The van der Waals surface area contributed by atoms with Gasteiger partial charge in [0.25, 0.3) is 10.0 Å². The van der Waals surface area contributed by atoms with Gasteiger partial charge in [0.15, 0.2) is 5.82 Å². The van der Waals surface area contributed by atoms with Crippen LogP contribution < -0.4 is 4.90 Å². The maximum atomic E-state index is 13.4. The molecule has 0 radical (unpaired) electrons. The van der Waals surface area contributed by atoms with Crippen LogP contribution in [-0.2, 0) is 26.5 Å². The van der Waals surface area contributed by atoms with Crippen molar-refractivity contribution in [3.8, 4) is 0 Å². The number of nitrogens with zero attached hydrogens (tertiary/aromatic N) is 4. The van der Waals surface area contributed by atoms with Crippen molar-refractivity contribution in [2.75, 3.05) is 25.5 Å². The van der Waals surface area contributed by atoms with Crippen LogP contribution in [0.1, 0.15) is 16.7 Å². The molecule has 11 heteroatoms. The second-order valence-corrected chi connectivity index (χ2v) is 12.2. The lowest BCUT2D eigenvalue weighted by Gasteiger charge is -2.26. The van der Waals surface area contributed by atoms with Crippen LogP contribution in [0.2, 0.25) is 5.02 Å². The average molecular weight is 495 g/mol. The van der Waals surface area contributed by atoms with Crippen molar-refractivity contribution in [3.63, 3.8) is 0 Å². The van der Waals surface area contributed by atoms with Crippen LogP contribution in [0, 0.1) is 13.8 Å². The Morgan fingerprint density at radius 1 is 1.00 bits per heavy atom. The highest BCUT2D eigenvalue weighted by Crippen LogP contribution is 2.41. The summed E-state index contributed by atoms with van der Waals surface area (Å²) in [5, 5.41) is 4.60. The van der Waals surface area contributed by atoms with E-state index >= 15 is 0 Å². The summed E-state index contributed by atoms with van der Waals surface area (Å²) in [6.45, 7) is 4.13. The van der Waals surface area contributed by atoms with E-state index in [4.69, 9.17) is 11.6 Å². The molecule has 170 valence electrons. The van der Waals surface area contributed by atoms with Gasteiger partial charge < -0.3 is 4.90 Å². The number of benzene rings is 2. The van der Waals surface area contributed by atoms with E-state index in [0.29, 0.717) is 35.1 Å². The van der Waals surface area contributed by atoms with Gasteiger partial charge in [-0.25, -0.2) is 12.7 Å². The Morgan fingerprint density at radius 3 is 2.28 bits per heavy atom. The molecule has 0 bridgehead atoms. The van der Waals surface area contributed by atoms with Crippen molar-refractivity contribution in [3.05, 3.63) is 64.3 Å². The first-order valence-electron chi connectivity index (χ1n) is 9.84. The first kappa shape index (κ1) is 22.8. The van der Waals surface area contributed by atoms with Gasteiger partial charge in [-0.1, -0.05) is 17.7 Å². The molecule has 2 heterocycles. The van der Waals surface area contributed by atoms with Crippen molar-refractivity contribution in [2.24, 2.45) is 0 Å². The zero-order valence-electron chi connectivity index (χ0n) is 18.1. The number of aromatic nitrogens is 2. The van der Waals surface area contributed by atoms with E-state index < -0.39 is 20.0 Å². The lowest BCUT2D eigenvalue weighted by atomic mass is 10.1. The van der Waals surface area contributed by atoms with Crippen molar-refractivity contribution < 1.29 is 16.8 Å². The van der Waals surface area contributed by atoms with Gasteiger partial charge in [0.2, 0.25) is 10.0 Å². The van der Waals surface area contributed by atoms with Gasteiger partial charge in [0, 0.05) is 36.9 Å². The monoisotopic (exact) mass is 494 g/mol. The second kappa shape index (κ2) is 7.87. The molecule has 1 aromatic heterocycles. The third-order valence-electron chi connectivity index (χ3n) is 5.60. The largest absolute Gasteiger partial charge is 0.325 e. The summed E-state index contributed by atoms with van der Waals surface area (Å²) in [5.74, 6) is 0.422. The summed E-state index contributed by atoms with van der Waals surface area (Å²) >= 11 is 5.91. The van der Waals surface area contributed by atoms with Crippen LogP contribution in [0.5, 0.6) is 0 Å². The Kier molecular flexibility index (Phi) is 5.61. The van der Waals surface area contributed by atoms with Gasteiger partial charge >= 0.3 is 0 Å². The number of hydrogen-bond donors (Lipinski definition) is 0. The summed E-state index contributed by atoms with van der Waals surface area (Å²) in [6.07, 6.45) is 2.14. The maximum Gasteiger partial charge on any atom is 0.284 e. The molecule has 2 aromatic carbocycles. The number of halogens is 1. The summed E-state index contributed by atoms with van der Waals surface area (Å²) < 4.78 is 54.6. The number of aryl methyl sites for hydroxylation is 1. The van der Waals surface area contributed by atoms with Gasteiger partial charge in [-0.05, 0) is 61.7 Å². The average Bonchev–Trinajstić information content (AvgIpc) is 3.31. The molecule has 1 aliphatic rings. The molecule has 0 aliphatic carbocycles. The highest BCUT2D eigenvalue weighted by molar-refractivity contribution is 7.90. The zero-order valence-corrected chi connectivity index (χ0v) is 20.5. The van der Waals surface area contributed by atoms with Crippen LogP contribution in [-0.4, -0.2) is 51.0 Å². The van der Waals surface area contributed by atoms with Gasteiger partial charge in [0.1, 0.15) is 0 Å². The standard InChI is InChI=1S/C21H23ClN4O4S2/c1-14-5-10-19(32(29,30)24(3)4)15(2)20(14)25-12-11-16-13-23-26(21(16)25)31(27,28)18-8-6-17(22)7-9-18/h5-10,13H,11-12H2,1-4H3. The molecular weight excluding hydrogens is 472 g/mol. The Balaban J connectivity index is 1.89. The lowest BCUT2D eigenvalue weighted by Crippen LogP contribution is -2.26. The van der Waals surface area contributed by atoms with Crippen molar-refractivity contribution in [1.29, 1.82) is 0 Å². The van der Waals surface area contributed by atoms with Gasteiger partial charge in [-0.15, -0.1) is 4.09 Å². The molecule has 0 N–H and O–H groups in total. The van der Waals surface area contributed by atoms with Gasteiger partial charge in [-0.2, -0.15) is 13.5 Å². The van der Waals surface area contributed by atoms with Crippen LogP contribution in [0.3, 0.4) is 0 Å². The fourth-order valence-corrected chi connectivity index (χ4v) is 6.49. The van der Waals surface area contributed by atoms with E-state index in [2.05, 4.69) is 5.10 Å². The Morgan fingerprint density at radius 2 is 1.66 bits per heavy atom. The second-order valence-electron chi connectivity index (χ2n) is 7.84. The molecule has 0 fully saturated rings. The molecule has 1 aliphatic heterocycles. The zero-order chi connectivity index (χ0) is 23.4. The van der Waals surface area contributed by atoms with Crippen molar-refractivity contribution in [2.45, 2.75) is 30.1 Å². The van der Waals surface area contributed by atoms with E-state index in [1.807, 2.05) is 11.8 Å². The molecule has 0 atom stereocenters. The predicted octanol–water partition coefficient (Wildman–Crippen LogP) is 3.33. The minimum Gasteiger partial charge on any atom is -0.325 e. The first-order chi connectivity index (χ1) is 15.0. The van der Waals surface area contributed by atoms with Crippen LogP contribution in [0.25, 0.3) is 0 Å². The summed E-state index contributed by atoms with van der Waals surface area (Å²) in [4.78, 5) is 2.09. The molecule has 4 rings (SSSR count). The SMILES string of the molecule is Cc1ccc(S(=O)(=O)N(C)C)c(C)c1N1CCc2cnn(S(=O)(=O)c3ccc(Cl)cc3)c21. The molecule has 0 saturated heterocycles. The number of anilines is 2. The number of rotatable bonds is 5. The number of fused-ring (bicyclic) bond motifs is 1. The molecular formula is C21H23ClN4O4S2. The molecule has 8 nitrogen and oxygen atoms in total. The quantitative estimate of drug-likeness (QED) is 0.540. The summed E-state index contributed by atoms with van der Waals surface area (Å²) in [5.41, 5.74) is 2.84. The van der Waals surface area contributed by atoms with E-state index in [-0.39, 0.29) is 9.79 Å². The lowest BCUT2D eigenvalue weighted by molar-refractivity contribution is 0.520. The van der Waals surface area contributed by atoms with Crippen molar-refractivity contribution in [1.82, 2.24) is 13.5 Å². The first-order valence-corrected chi connectivity index (χ1v) is 13.1. The Bertz CT molecular complexity index is 1410. The highest BCUT2D eigenvalue weighted by atomic mass is 35.5. The van der Waals surface area contributed by atoms with Gasteiger partial charge in [-0.3, -0.25) is 0 Å². The van der Waals surface area contributed by atoms with Crippen LogP contribution >= 0.6 is 11.6 Å². The highest BCUT2D eigenvalue weighted by Gasteiger charge is 2.34. The number of hydrogen-bond acceptors (Lipinski definition) is 6. The minimum absolute atomic E-state index is 0.0667. The van der Waals surface area contributed by atoms with E-state index in [1.165, 1.54) is 42.7 Å². The van der Waals surface area contributed by atoms with E-state index in [1.54, 1.807) is 25.3 Å². The molecule has 0 unspecified atom stereocenters. The minimum atomic E-state index is -3.98. The number of sulfonamides is 1. The fraction of sp³-hybridized carbons (Fsp3) is 0.286. The topological polar surface area (TPSA) is 92.6 Å². The molecule has 3 aromatic rings. The van der Waals surface area contributed by atoms with E-state index in [9.17, 15) is 16.8 Å². The molecule has 0 spiro atoms. The Labute approximate surface area is 193 Å². The fourth-order valence-electron chi connectivity index (χ4n) is 3.96. The molecule has 32 heavy (non-hydrogen) atoms. The predicted molar refractivity (Wildman–Crippen MR) is 124 cm³/mol. The smallest absolute Gasteiger partial charge is 0.284 e.